The van der Waals surface area contributed by atoms with Gasteiger partial charge in [-0.1, -0.05) is 6.07 Å². The third-order valence-corrected chi connectivity index (χ3v) is 2.72. The van der Waals surface area contributed by atoms with Crippen LogP contribution in [0.5, 0.6) is 5.88 Å². The summed E-state index contributed by atoms with van der Waals surface area (Å²) in [5.41, 5.74) is -0.502. The van der Waals surface area contributed by atoms with E-state index in [-0.39, 0.29) is 0 Å². The molecular formula is C12H22BNO5. The second-order valence-electron chi connectivity index (χ2n) is 5.19. The number of ether oxygens (including phenoxy) is 1. The zero-order valence-electron chi connectivity index (χ0n) is 12.0. The second-order valence-corrected chi connectivity index (χ2v) is 5.19. The van der Waals surface area contributed by atoms with E-state index in [1.807, 2.05) is 32.9 Å². The molecule has 0 aliphatic heterocycles. The van der Waals surface area contributed by atoms with Gasteiger partial charge in [0.15, 0.2) is 0 Å². The van der Waals surface area contributed by atoms with E-state index in [1.165, 1.54) is 0 Å². The lowest BCUT2D eigenvalue weighted by Crippen LogP contribution is -2.49. The minimum Gasteiger partial charge on any atom is -0.469 e. The van der Waals surface area contributed by atoms with Gasteiger partial charge < -0.3 is 24.9 Å². The first-order chi connectivity index (χ1) is 8.45. The van der Waals surface area contributed by atoms with Gasteiger partial charge >= 0.3 is 7.32 Å². The van der Waals surface area contributed by atoms with Gasteiger partial charge in [-0.2, -0.15) is 0 Å². The van der Waals surface area contributed by atoms with Gasteiger partial charge in [0.05, 0.1) is 5.60 Å². The predicted molar refractivity (Wildman–Crippen MR) is 72.4 cm³/mol. The molecule has 1 rings (SSSR count). The van der Waals surface area contributed by atoms with Crippen LogP contribution in [0.1, 0.15) is 33.3 Å². The van der Waals surface area contributed by atoms with Gasteiger partial charge in [-0.05, 0) is 40.2 Å². The van der Waals surface area contributed by atoms with Gasteiger partial charge in [-0.3, -0.25) is 0 Å². The van der Waals surface area contributed by atoms with Crippen LogP contribution in [0.3, 0.4) is 0 Å². The van der Waals surface area contributed by atoms with Crippen molar-refractivity contribution in [2.75, 3.05) is 0 Å². The zero-order valence-corrected chi connectivity index (χ0v) is 12.0. The lowest BCUT2D eigenvalue weighted by atomic mass is 9.89. The Balaban J connectivity index is 0.000000711. The van der Waals surface area contributed by atoms with Crippen molar-refractivity contribution < 1.29 is 24.9 Å². The lowest BCUT2D eigenvalue weighted by Gasteiger charge is -2.36. The van der Waals surface area contributed by atoms with Crippen molar-refractivity contribution in [2.24, 2.45) is 0 Å². The summed E-state index contributed by atoms with van der Waals surface area (Å²) in [4.78, 5) is 4.14. The minimum atomic E-state index is -2.17. The van der Waals surface area contributed by atoms with Crippen molar-refractivity contribution in [3.05, 3.63) is 23.9 Å². The highest BCUT2D eigenvalue weighted by Crippen LogP contribution is 2.26. The maximum atomic E-state index is 9.91. The maximum absolute atomic E-state index is 9.91. The molecule has 108 valence electrons. The molecule has 0 aliphatic carbocycles. The fraction of sp³-hybridized carbons (Fsp3) is 0.583. The molecule has 7 heteroatoms. The first-order valence-electron chi connectivity index (χ1n) is 5.84. The third-order valence-electron chi connectivity index (χ3n) is 2.72. The van der Waals surface area contributed by atoms with E-state index in [4.69, 9.17) is 19.8 Å². The highest BCUT2D eigenvalue weighted by molar-refractivity contribution is 6.30. The number of hydrogen-bond donors (Lipinski definition) is 4. The second kappa shape index (κ2) is 6.86. The Morgan fingerprint density at radius 2 is 1.58 bits per heavy atom. The van der Waals surface area contributed by atoms with Crippen molar-refractivity contribution >= 4 is 7.32 Å². The first-order valence-corrected chi connectivity index (χ1v) is 5.84. The van der Waals surface area contributed by atoms with Gasteiger partial charge in [0.25, 0.3) is 0 Å². The molecular weight excluding hydrogens is 249 g/mol. The number of pyridine rings is 1. The molecule has 0 aliphatic rings. The summed E-state index contributed by atoms with van der Waals surface area (Å²) in [7, 11) is -2.17. The molecule has 0 spiro atoms. The Bertz CT molecular complexity index is 370. The molecule has 19 heavy (non-hydrogen) atoms. The van der Waals surface area contributed by atoms with Crippen LogP contribution in [-0.2, 0) is 0 Å². The number of aryl methyl sites for hydroxylation is 1. The summed E-state index contributed by atoms with van der Waals surface area (Å²) in [6.45, 7) is 9.10. The van der Waals surface area contributed by atoms with Crippen LogP contribution < -0.4 is 4.74 Å². The fourth-order valence-corrected chi connectivity index (χ4v) is 0.901. The standard InChI is InChI=1S/C12H19NO2.BH3O3/c1-9-6-7-10(13-8-9)15-12(4,5)11(2,3)14;2-1(3)4/h6-8,14H,1-5H3;2-4H. The van der Waals surface area contributed by atoms with Crippen LogP contribution in [0.25, 0.3) is 0 Å². The highest BCUT2D eigenvalue weighted by atomic mass is 16.5. The fourth-order valence-electron chi connectivity index (χ4n) is 0.901. The van der Waals surface area contributed by atoms with Gasteiger partial charge in [-0.25, -0.2) is 4.98 Å². The molecule has 0 radical (unpaired) electrons. The van der Waals surface area contributed by atoms with Gasteiger partial charge in [0.1, 0.15) is 5.60 Å². The van der Waals surface area contributed by atoms with E-state index < -0.39 is 18.5 Å². The van der Waals surface area contributed by atoms with Crippen LogP contribution in [0.4, 0.5) is 0 Å². The Morgan fingerprint density at radius 3 is 1.89 bits per heavy atom. The van der Waals surface area contributed by atoms with E-state index >= 15 is 0 Å². The van der Waals surface area contributed by atoms with Gasteiger partial charge in [0, 0.05) is 12.3 Å². The molecule has 0 saturated heterocycles. The van der Waals surface area contributed by atoms with E-state index in [2.05, 4.69) is 4.98 Å². The van der Waals surface area contributed by atoms with Crippen LogP contribution in [0.2, 0.25) is 0 Å². The number of nitrogens with zero attached hydrogens (tertiary/aromatic N) is 1. The van der Waals surface area contributed by atoms with E-state index in [1.54, 1.807) is 20.0 Å². The number of aliphatic hydroxyl groups is 1. The van der Waals surface area contributed by atoms with Crippen LogP contribution in [0, 0.1) is 6.92 Å². The molecule has 4 N–H and O–H groups in total. The molecule has 0 bridgehead atoms. The zero-order chi connectivity index (χ0) is 15.3. The molecule has 1 heterocycles. The van der Waals surface area contributed by atoms with Crippen molar-refractivity contribution in [2.45, 2.75) is 45.8 Å². The molecule has 0 fully saturated rings. The molecule has 1 aromatic heterocycles. The van der Waals surface area contributed by atoms with Crippen molar-refractivity contribution in [1.82, 2.24) is 4.98 Å². The monoisotopic (exact) mass is 271 g/mol. The van der Waals surface area contributed by atoms with Crippen LogP contribution in [0.15, 0.2) is 18.3 Å². The molecule has 0 saturated carbocycles. The third kappa shape index (κ3) is 7.12. The largest absolute Gasteiger partial charge is 0.631 e. The summed E-state index contributed by atoms with van der Waals surface area (Å²) < 4.78 is 5.66. The van der Waals surface area contributed by atoms with Crippen molar-refractivity contribution in [3.8, 4) is 5.88 Å². The van der Waals surface area contributed by atoms with E-state index in [0.29, 0.717) is 5.88 Å². The van der Waals surface area contributed by atoms with Gasteiger partial charge in [0.2, 0.25) is 5.88 Å². The average Bonchev–Trinajstić information content (AvgIpc) is 2.18. The molecule has 0 aromatic carbocycles. The van der Waals surface area contributed by atoms with E-state index in [9.17, 15) is 5.11 Å². The highest BCUT2D eigenvalue weighted by Gasteiger charge is 2.37. The predicted octanol–water partition coefficient (Wildman–Crippen LogP) is 0.267. The molecule has 0 unspecified atom stereocenters. The average molecular weight is 271 g/mol. The van der Waals surface area contributed by atoms with Crippen LogP contribution >= 0.6 is 0 Å². The number of hydrogen-bond acceptors (Lipinski definition) is 6. The molecule has 1 aromatic rings. The Hall–Kier alpha value is -1.15. The quantitative estimate of drug-likeness (QED) is 0.588. The first kappa shape index (κ1) is 17.9. The van der Waals surface area contributed by atoms with Crippen LogP contribution in [-0.4, -0.2) is 43.7 Å². The van der Waals surface area contributed by atoms with Gasteiger partial charge in [-0.15, -0.1) is 0 Å². The Kier molecular flexibility index (Phi) is 6.45. The molecule has 6 nitrogen and oxygen atoms in total. The molecule has 0 amide bonds. The number of aromatic nitrogens is 1. The minimum absolute atomic E-state index is 0.535. The number of rotatable bonds is 3. The summed E-state index contributed by atoms with van der Waals surface area (Å²) >= 11 is 0. The maximum Gasteiger partial charge on any atom is 0.631 e. The Labute approximate surface area is 113 Å². The SMILES string of the molecule is Cc1ccc(OC(C)(C)C(C)(C)O)nc1.OB(O)O. The Morgan fingerprint density at radius 1 is 1.11 bits per heavy atom. The summed E-state index contributed by atoms with van der Waals surface area (Å²) in [6.07, 6.45) is 1.75. The summed E-state index contributed by atoms with van der Waals surface area (Å²) in [5.74, 6) is 0.535. The lowest BCUT2D eigenvalue weighted by molar-refractivity contribution is -0.0925. The summed E-state index contributed by atoms with van der Waals surface area (Å²) in [6, 6.07) is 3.74. The molecule has 0 atom stereocenters. The van der Waals surface area contributed by atoms with E-state index in [0.717, 1.165) is 5.56 Å². The normalized spacial score (nSPS) is 11.4. The van der Waals surface area contributed by atoms with Crippen molar-refractivity contribution in [1.29, 1.82) is 0 Å². The summed E-state index contributed by atoms with van der Waals surface area (Å²) in [5, 5.41) is 31.4. The van der Waals surface area contributed by atoms with Crippen molar-refractivity contribution in [3.63, 3.8) is 0 Å². The topological polar surface area (TPSA) is 103 Å². The smallest absolute Gasteiger partial charge is 0.469 e.